The molecule has 4 heteroatoms. The SMILES string of the molecule is N#Cc1cnn(C2CCN(CC3CCCC3)C2)c1. The van der Waals surface area contributed by atoms with Gasteiger partial charge in [-0.2, -0.15) is 10.4 Å². The third kappa shape index (κ3) is 2.41. The van der Waals surface area contributed by atoms with Gasteiger partial charge < -0.3 is 4.90 Å². The fourth-order valence-electron chi connectivity index (χ4n) is 3.35. The fraction of sp³-hybridized carbons (Fsp3) is 0.714. The molecule has 2 fully saturated rings. The highest BCUT2D eigenvalue weighted by molar-refractivity contribution is 5.22. The largest absolute Gasteiger partial charge is 0.301 e. The van der Waals surface area contributed by atoms with Crippen molar-refractivity contribution in [3.63, 3.8) is 0 Å². The molecule has 0 aromatic carbocycles. The zero-order chi connectivity index (χ0) is 12.4. The second-order valence-electron chi connectivity index (χ2n) is 5.67. The quantitative estimate of drug-likeness (QED) is 0.818. The van der Waals surface area contributed by atoms with Crippen molar-refractivity contribution in [2.75, 3.05) is 19.6 Å². The zero-order valence-corrected chi connectivity index (χ0v) is 10.8. The molecule has 4 nitrogen and oxygen atoms in total. The number of nitrogens with zero attached hydrogens (tertiary/aromatic N) is 4. The summed E-state index contributed by atoms with van der Waals surface area (Å²) in [5.74, 6) is 0.927. The van der Waals surface area contributed by atoms with E-state index in [2.05, 4.69) is 16.1 Å². The third-order valence-corrected chi connectivity index (χ3v) is 4.34. The van der Waals surface area contributed by atoms with Crippen LogP contribution in [-0.4, -0.2) is 34.3 Å². The minimum atomic E-state index is 0.466. The average molecular weight is 244 g/mol. The second kappa shape index (κ2) is 5.11. The smallest absolute Gasteiger partial charge is 0.102 e. The van der Waals surface area contributed by atoms with Gasteiger partial charge in [-0.1, -0.05) is 12.8 Å². The summed E-state index contributed by atoms with van der Waals surface area (Å²) in [4.78, 5) is 2.58. The molecule has 18 heavy (non-hydrogen) atoms. The van der Waals surface area contributed by atoms with Crippen LogP contribution in [-0.2, 0) is 0 Å². The number of hydrogen-bond acceptors (Lipinski definition) is 3. The molecule has 1 saturated carbocycles. The summed E-state index contributed by atoms with van der Waals surface area (Å²) >= 11 is 0. The fourth-order valence-corrected chi connectivity index (χ4v) is 3.35. The molecule has 0 N–H and O–H groups in total. The summed E-state index contributed by atoms with van der Waals surface area (Å²) in [5.41, 5.74) is 0.671. The van der Waals surface area contributed by atoms with Crippen LogP contribution in [0.15, 0.2) is 12.4 Å². The Morgan fingerprint density at radius 3 is 2.89 bits per heavy atom. The van der Waals surface area contributed by atoms with Crippen molar-refractivity contribution in [3.8, 4) is 6.07 Å². The predicted octanol–water partition coefficient (Wildman–Crippen LogP) is 2.19. The van der Waals surface area contributed by atoms with Gasteiger partial charge in [0.2, 0.25) is 0 Å². The van der Waals surface area contributed by atoms with Crippen LogP contribution in [0.4, 0.5) is 0 Å². The van der Waals surface area contributed by atoms with Gasteiger partial charge in [-0.25, -0.2) is 0 Å². The molecule has 0 radical (unpaired) electrons. The Kier molecular flexibility index (Phi) is 3.33. The van der Waals surface area contributed by atoms with Crippen LogP contribution in [0.25, 0.3) is 0 Å². The molecule has 2 aliphatic rings. The number of hydrogen-bond donors (Lipinski definition) is 0. The van der Waals surface area contributed by atoms with E-state index in [0.29, 0.717) is 11.6 Å². The highest BCUT2D eigenvalue weighted by Gasteiger charge is 2.27. The Labute approximate surface area is 108 Å². The van der Waals surface area contributed by atoms with Gasteiger partial charge in [0, 0.05) is 25.8 Å². The third-order valence-electron chi connectivity index (χ3n) is 4.34. The highest BCUT2D eigenvalue weighted by Crippen LogP contribution is 2.28. The van der Waals surface area contributed by atoms with Crippen LogP contribution in [0, 0.1) is 17.2 Å². The first kappa shape index (κ1) is 11.7. The Morgan fingerprint density at radius 2 is 2.17 bits per heavy atom. The molecule has 1 aromatic heterocycles. The topological polar surface area (TPSA) is 44.9 Å². The summed E-state index contributed by atoms with van der Waals surface area (Å²) in [6, 6.07) is 2.61. The maximum atomic E-state index is 8.82. The van der Waals surface area contributed by atoms with Crippen molar-refractivity contribution in [2.45, 2.75) is 38.1 Å². The first-order valence-corrected chi connectivity index (χ1v) is 7.02. The summed E-state index contributed by atoms with van der Waals surface area (Å²) in [7, 11) is 0. The Hall–Kier alpha value is -1.34. The average Bonchev–Trinajstić information content (AvgIpc) is 3.09. The number of nitriles is 1. The van der Waals surface area contributed by atoms with Gasteiger partial charge in [-0.05, 0) is 25.2 Å². The van der Waals surface area contributed by atoms with Crippen LogP contribution >= 0.6 is 0 Å². The van der Waals surface area contributed by atoms with Gasteiger partial charge in [0.25, 0.3) is 0 Å². The molecule has 2 heterocycles. The molecule has 0 spiro atoms. The van der Waals surface area contributed by atoms with Crippen LogP contribution < -0.4 is 0 Å². The van der Waals surface area contributed by atoms with Gasteiger partial charge in [0.05, 0.1) is 17.8 Å². The molecule has 1 aliphatic heterocycles. The lowest BCUT2D eigenvalue weighted by atomic mass is 10.1. The van der Waals surface area contributed by atoms with Crippen molar-refractivity contribution >= 4 is 0 Å². The highest BCUT2D eigenvalue weighted by atomic mass is 15.3. The number of aromatic nitrogens is 2. The van der Waals surface area contributed by atoms with E-state index in [1.807, 2.05) is 10.9 Å². The lowest BCUT2D eigenvalue weighted by Crippen LogP contribution is -2.27. The van der Waals surface area contributed by atoms with E-state index in [9.17, 15) is 0 Å². The molecule has 1 aliphatic carbocycles. The normalized spacial score (nSPS) is 25.6. The summed E-state index contributed by atoms with van der Waals surface area (Å²) in [5, 5.41) is 13.1. The summed E-state index contributed by atoms with van der Waals surface area (Å²) < 4.78 is 1.98. The van der Waals surface area contributed by atoms with E-state index in [4.69, 9.17) is 5.26 Å². The van der Waals surface area contributed by atoms with Crippen molar-refractivity contribution in [3.05, 3.63) is 18.0 Å². The van der Waals surface area contributed by atoms with Gasteiger partial charge in [-0.3, -0.25) is 4.68 Å². The molecule has 1 atom stereocenters. The van der Waals surface area contributed by atoms with Gasteiger partial charge in [0.1, 0.15) is 6.07 Å². The number of likely N-dealkylation sites (tertiary alicyclic amines) is 1. The first-order valence-electron chi connectivity index (χ1n) is 7.02. The standard InChI is InChI=1S/C14H20N4/c15-7-13-8-16-18(10-13)14-5-6-17(11-14)9-12-3-1-2-4-12/h8,10,12,14H,1-6,9,11H2. The Balaban J connectivity index is 1.56. The Bertz CT molecular complexity index is 439. The van der Waals surface area contributed by atoms with E-state index >= 15 is 0 Å². The van der Waals surface area contributed by atoms with Crippen molar-refractivity contribution in [1.29, 1.82) is 5.26 Å². The molecule has 1 unspecified atom stereocenters. The molecule has 0 amide bonds. The van der Waals surface area contributed by atoms with Crippen molar-refractivity contribution < 1.29 is 0 Å². The van der Waals surface area contributed by atoms with Gasteiger partial charge >= 0.3 is 0 Å². The van der Waals surface area contributed by atoms with Crippen LogP contribution in [0.1, 0.15) is 43.7 Å². The van der Waals surface area contributed by atoms with Crippen LogP contribution in [0.3, 0.4) is 0 Å². The van der Waals surface area contributed by atoms with Crippen LogP contribution in [0.5, 0.6) is 0 Å². The van der Waals surface area contributed by atoms with Crippen molar-refractivity contribution in [1.82, 2.24) is 14.7 Å². The molecular weight excluding hydrogens is 224 g/mol. The molecule has 96 valence electrons. The maximum absolute atomic E-state index is 8.82. The Morgan fingerprint density at radius 1 is 1.33 bits per heavy atom. The maximum Gasteiger partial charge on any atom is 0.102 e. The minimum Gasteiger partial charge on any atom is -0.301 e. The molecule has 0 bridgehead atoms. The minimum absolute atomic E-state index is 0.466. The lowest BCUT2D eigenvalue weighted by Gasteiger charge is -2.20. The monoisotopic (exact) mass is 244 g/mol. The van der Waals surface area contributed by atoms with E-state index in [1.54, 1.807) is 6.20 Å². The van der Waals surface area contributed by atoms with Gasteiger partial charge in [0.15, 0.2) is 0 Å². The van der Waals surface area contributed by atoms with Crippen LogP contribution in [0.2, 0.25) is 0 Å². The van der Waals surface area contributed by atoms with E-state index in [0.717, 1.165) is 12.5 Å². The second-order valence-corrected chi connectivity index (χ2v) is 5.67. The zero-order valence-electron chi connectivity index (χ0n) is 10.8. The van der Waals surface area contributed by atoms with E-state index in [-0.39, 0.29) is 0 Å². The van der Waals surface area contributed by atoms with Gasteiger partial charge in [-0.15, -0.1) is 0 Å². The molecule has 1 saturated heterocycles. The lowest BCUT2D eigenvalue weighted by molar-refractivity contribution is 0.268. The number of rotatable bonds is 3. The first-order chi connectivity index (χ1) is 8.85. The summed E-state index contributed by atoms with van der Waals surface area (Å²) in [6.07, 6.45) is 10.4. The molecular formula is C14H20N4. The van der Waals surface area contributed by atoms with E-state index < -0.39 is 0 Å². The molecule has 3 rings (SSSR count). The van der Waals surface area contributed by atoms with E-state index in [1.165, 1.54) is 45.2 Å². The van der Waals surface area contributed by atoms with Crippen molar-refractivity contribution in [2.24, 2.45) is 5.92 Å². The predicted molar refractivity (Wildman–Crippen MR) is 69.0 cm³/mol. The summed E-state index contributed by atoms with van der Waals surface area (Å²) in [6.45, 7) is 3.55. The molecule has 1 aromatic rings.